The second kappa shape index (κ2) is 6.73. The van der Waals surface area contributed by atoms with Crippen LogP contribution in [-0.2, 0) is 6.42 Å². The largest absolute Gasteiger partial charge is 0.454 e. The van der Waals surface area contributed by atoms with Crippen molar-refractivity contribution in [1.82, 2.24) is 0 Å². The lowest BCUT2D eigenvalue weighted by Gasteiger charge is -2.15. The van der Waals surface area contributed by atoms with Gasteiger partial charge in [-0.2, -0.15) is 4.39 Å². The first-order valence-electron chi connectivity index (χ1n) is 6.24. The van der Waals surface area contributed by atoms with Crippen LogP contribution in [0.15, 0.2) is 34.8 Å². The van der Waals surface area contributed by atoms with E-state index in [1.165, 1.54) is 6.07 Å². The molecule has 0 heterocycles. The molecule has 0 saturated heterocycles. The summed E-state index contributed by atoms with van der Waals surface area (Å²) in [5, 5.41) is 0.473. The molecule has 0 aliphatic rings. The van der Waals surface area contributed by atoms with Crippen molar-refractivity contribution in [3.05, 3.63) is 57.0 Å². The van der Waals surface area contributed by atoms with E-state index in [4.69, 9.17) is 22.1 Å². The molecule has 0 aromatic heterocycles. The summed E-state index contributed by atoms with van der Waals surface area (Å²) in [5.41, 5.74) is 6.44. The van der Waals surface area contributed by atoms with Crippen LogP contribution in [0.4, 0.5) is 8.78 Å². The van der Waals surface area contributed by atoms with Gasteiger partial charge in [-0.1, -0.05) is 33.6 Å². The molecule has 1 unspecified atom stereocenters. The summed E-state index contributed by atoms with van der Waals surface area (Å²) in [6.07, 6.45) is 0.465. The average Bonchev–Trinajstić information content (AvgIpc) is 2.39. The summed E-state index contributed by atoms with van der Waals surface area (Å²) in [7, 11) is 0. The van der Waals surface area contributed by atoms with E-state index in [0.717, 1.165) is 6.07 Å². The fourth-order valence-electron chi connectivity index (χ4n) is 1.88. The molecule has 2 aromatic rings. The molecule has 2 aromatic carbocycles. The van der Waals surface area contributed by atoms with Crippen LogP contribution in [0.2, 0.25) is 5.02 Å². The Morgan fingerprint density at radius 3 is 2.67 bits per heavy atom. The SMILES string of the molecule is CC(N)Cc1c(Cl)cccc1Oc1cc(Br)cc(F)c1F. The summed E-state index contributed by atoms with van der Waals surface area (Å²) in [4.78, 5) is 0. The number of ether oxygens (including phenoxy) is 1. The first-order chi connectivity index (χ1) is 9.88. The number of rotatable bonds is 4. The van der Waals surface area contributed by atoms with Gasteiger partial charge in [-0.15, -0.1) is 0 Å². The molecular weight excluding hydrogens is 364 g/mol. The molecule has 6 heteroatoms. The molecule has 2 N–H and O–H groups in total. The van der Waals surface area contributed by atoms with E-state index in [9.17, 15) is 8.78 Å². The van der Waals surface area contributed by atoms with Crippen LogP contribution in [0.3, 0.4) is 0 Å². The van der Waals surface area contributed by atoms with E-state index < -0.39 is 11.6 Å². The number of hydrogen-bond donors (Lipinski definition) is 1. The van der Waals surface area contributed by atoms with Crippen LogP contribution in [0.5, 0.6) is 11.5 Å². The van der Waals surface area contributed by atoms with Gasteiger partial charge in [-0.3, -0.25) is 0 Å². The summed E-state index contributed by atoms with van der Waals surface area (Å²) < 4.78 is 33.1. The maximum atomic E-state index is 13.8. The van der Waals surface area contributed by atoms with Crippen molar-refractivity contribution in [2.75, 3.05) is 0 Å². The molecule has 0 aliphatic heterocycles. The highest BCUT2D eigenvalue weighted by molar-refractivity contribution is 9.10. The minimum Gasteiger partial charge on any atom is -0.454 e. The summed E-state index contributed by atoms with van der Waals surface area (Å²) in [6, 6.07) is 7.26. The second-order valence-electron chi connectivity index (χ2n) is 4.70. The van der Waals surface area contributed by atoms with E-state index in [1.807, 2.05) is 6.92 Å². The van der Waals surface area contributed by atoms with Gasteiger partial charge in [-0.25, -0.2) is 4.39 Å². The Labute approximate surface area is 135 Å². The average molecular weight is 377 g/mol. The van der Waals surface area contributed by atoms with Crippen LogP contribution in [0.25, 0.3) is 0 Å². The zero-order chi connectivity index (χ0) is 15.6. The quantitative estimate of drug-likeness (QED) is 0.757. The monoisotopic (exact) mass is 375 g/mol. The number of nitrogens with two attached hydrogens (primary N) is 1. The van der Waals surface area contributed by atoms with Crippen molar-refractivity contribution in [3.63, 3.8) is 0 Å². The molecule has 0 bridgehead atoms. The van der Waals surface area contributed by atoms with Crippen molar-refractivity contribution < 1.29 is 13.5 Å². The van der Waals surface area contributed by atoms with E-state index in [2.05, 4.69) is 15.9 Å². The fraction of sp³-hybridized carbons (Fsp3) is 0.200. The van der Waals surface area contributed by atoms with E-state index >= 15 is 0 Å². The highest BCUT2D eigenvalue weighted by atomic mass is 79.9. The summed E-state index contributed by atoms with van der Waals surface area (Å²) in [5.74, 6) is -1.90. The molecule has 112 valence electrons. The smallest absolute Gasteiger partial charge is 0.201 e. The molecule has 2 nitrogen and oxygen atoms in total. The highest BCUT2D eigenvalue weighted by Gasteiger charge is 2.16. The molecule has 0 radical (unpaired) electrons. The van der Waals surface area contributed by atoms with E-state index in [-0.39, 0.29) is 11.8 Å². The third-order valence-corrected chi connectivity index (χ3v) is 3.59. The predicted molar refractivity (Wildman–Crippen MR) is 82.9 cm³/mol. The zero-order valence-corrected chi connectivity index (χ0v) is 13.5. The first-order valence-corrected chi connectivity index (χ1v) is 7.41. The maximum Gasteiger partial charge on any atom is 0.201 e. The lowest BCUT2D eigenvalue weighted by atomic mass is 10.1. The Morgan fingerprint density at radius 2 is 2.00 bits per heavy atom. The van der Waals surface area contributed by atoms with E-state index in [0.29, 0.717) is 27.2 Å². The van der Waals surface area contributed by atoms with Gasteiger partial charge in [0.2, 0.25) is 5.82 Å². The molecule has 2 rings (SSSR count). The third-order valence-electron chi connectivity index (χ3n) is 2.78. The van der Waals surface area contributed by atoms with Crippen LogP contribution < -0.4 is 10.5 Å². The third kappa shape index (κ3) is 3.93. The van der Waals surface area contributed by atoms with Crippen LogP contribution in [0, 0.1) is 11.6 Å². The molecule has 0 spiro atoms. The maximum absolute atomic E-state index is 13.8. The van der Waals surface area contributed by atoms with Crippen molar-refractivity contribution in [2.45, 2.75) is 19.4 Å². The Hall–Kier alpha value is -1.17. The zero-order valence-electron chi connectivity index (χ0n) is 11.2. The Balaban J connectivity index is 2.42. The molecule has 0 saturated carbocycles. The number of halogens is 4. The normalized spacial score (nSPS) is 12.3. The van der Waals surface area contributed by atoms with E-state index in [1.54, 1.807) is 18.2 Å². The van der Waals surface area contributed by atoms with Gasteiger partial charge in [0.05, 0.1) is 0 Å². The topological polar surface area (TPSA) is 35.2 Å². The lowest BCUT2D eigenvalue weighted by molar-refractivity contribution is 0.411. The fourth-order valence-corrected chi connectivity index (χ4v) is 2.53. The molecule has 0 amide bonds. The molecular formula is C15H13BrClF2NO. The van der Waals surface area contributed by atoms with Gasteiger partial charge in [0.25, 0.3) is 0 Å². The van der Waals surface area contributed by atoms with Gasteiger partial charge in [0.15, 0.2) is 11.6 Å². The van der Waals surface area contributed by atoms with Crippen LogP contribution in [0.1, 0.15) is 12.5 Å². The minimum absolute atomic E-state index is 0.142. The summed E-state index contributed by atoms with van der Waals surface area (Å²) >= 11 is 9.23. The van der Waals surface area contributed by atoms with Gasteiger partial charge in [0.1, 0.15) is 5.75 Å². The Kier molecular flexibility index (Phi) is 5.19. The van der Waals surface area contributed by atoms with Crippen LogP contribution >= 0.6 is 27.5 Å². The van der Waals surface area contributed by atoms with Crippen molar-refractivity contribution in [3.8, 4) is 11.5 Å². The lowest BCUT2D eigenvalue weighted by Crippen LogP contribution is -2.18. The minimum atomic E-state index is -1.05. The van der Waals surface area contributed by atoms with Crippen molar-refractivity contribution in [1.29, 1.82) is 0 Å². The standard InChI is InChI=1S/C15H13BrClF2NO/c1-8(20)5-10-11(17)3-2-4-13(10)21-14-7-9(16)6-12(18)15(14)19/h2-4,6-8H,5,20H2,1H3. The summed E-state index contributed by atoms with van der Waals surface area (Å²) in [6.45, 7) is 1.83. The van der Waals surface area contributed by atoms with Gasteiger partial charge in [0, 0.05) is 21.1 Å². The van der Waals surface area contributed by atoms with Crippen molar-refractivity contribution in [2.24, 2.45) is 5.73 Å². The predicted octanol–water partition coefficient (Wildman–Crippen LogP) is 5.06. The number of benzene rings is 2. The number of hydrogen-bond acceptors (Lipinski definition) is 2. The second-order valence-corrected chi connectivity index (χ2v) is 6.02. The Bertz CT molecular complexity index is 664. The van der Waals surface area contributed by atoms with Crippen LogP contribution in [-0.4, -0.2) is 6.04 Å². The van der Waals surface area contributed by atoms with Gasteiger partial charge >= 0.3 is 0 Å². The molecule has 0 fully saturated rings. The first kappa shape index (κ1) is 16.2. The molecule has 21 heavy (non-hydrogen) atoms. The highest BCUT2D eigenvalue weighted by Crippen LogP contribution is 2.34. The Morgan fingerprint density at radius 1 is 1.29 bits per heavy atom. The van der Waals surface area contributed by atoms with Gasteiger partial charge < -0.3 is 10.5 Å². The van der Waals surface area contributed by atoms with Gasteiger partial charge in [-0.05, 0) is 37.6 Å². The van der Waals surface area contributed by atoms with Crippen molar-refractivity contribution >= 4 is 27.5 Å². The molecule has 1 atom stereocenters. The molecule has 0 aliphatic carbocycles.